The lowest BCUT2D eigenvalue weighted by Gasteiger charge is -2.23. The summed E-state index contributed by atoms with van der Waals surface area (Å²) in [4.78, 5) is 23.1. The summed E-state index contributed by atoms with van der Waals surface area (Å²) in [5.74, 6) is -0.538. The van der Waals surface area contributed by atoms with Gasteiger partial charge in [0.2, 0.25) is 11.8 Å². The van der Waals surface area contributed by atoms with Crippen LogP contribution in [0, 0.1) is 5.41 Å². The van der Waals surface area contributed by atoms with Crippen LogP contribution in [0.1, 0.15) is 81.0 Å². The van der Waals surface area contributed by atoms with Crippen molar-refractivity contribution in [1.29, 1.82) is 0 Å². The van der Waals surface area contributed by atoms with Crippen LogP contribution in [0.25, 0.3) is 0 Å². The maximum absolute atomic E-state index is 11.8. The monoisotopic (exact) mass is 560 g/mol. The second kappa shape index (κ2) is 16.0. The van der Waals surface area contributed by atoms with Crippen LogP contribution in [0.2, 0.25) is 0 Å². The molecule has 0 spiro atoms. The van der Waals surface area contributed by atoms with Crippen molar-refractivity contribution in [2.75, 3.05) is 41.2 Å². The molecule has 0 aromatic heterocycles. The number of carbonyl (C=O) groups is 2. The molecule has 2 unspecified atom stereocenters. The summed E-state index contributed by atoms with van der Waals surface area (Å²) in [5, 5.41) is 6.83. The van der Waals surface area contributed by atoms with Crippen molar-refractivity contribution in [3.8, 4) is 5.75 Å². The molecule has 0 heterocycles. The van der Waals surface area contributed by atoms with Gasteiger partial charge in [-0.1, -0.05) is 20.8 Å². The van der Waals surface area contributed by atoms with Crippen LogP contribution >= 0.6 is 11.8 Å². The highest BCUT2D eigenvalue weighted by Crippen LogP contribution is 2.34. The molecule has 0 aliphatic carbocycles. The summed E-state index contributed by atoms with van der Waals surface area (Å²) >= 11 is 1.75. The average Bonchev–Trinajstić information content (AvgIpc) is 2.83. The van der Waals surface area contributed by atoms with Gasteiger partial charge in [0.15, 0.2) is 0 Å². The van der Waals surface area contributed by atoms with E-state index in [-0.39, 0.29) is 17.5 Å². The summed E-state index contributed by atoms with van der Waals surface area (Å²) in [6.07, 6.45) is 7.64. The van der Waals surface area contributed by atoms with Crippen LogP contribution in [0.15, 0.2) is 30.3 Å². The van der Waals surface area contributed by atoms with Gasteiger partial charge in [-0.3, -0.25) is 9.59 Å². The van der Waals surface area contributed by atoms with Crippen molar-refractivity contribution in [1.82, 2.24) is 0 Å². The molecular formula is C29H48N6O3S. The van der Waals surface area contributed by atoms with Crippen LogP contribution in [-0.2, 0) is 0 Å². The quantitative estimate of drug-likeness (QED) is 0.141. The third-order valence-corrected chi connectivity index (χ3v) is 5.91. The molecule has 10 heteroatoms. The first-order chi connectivity index (χ1) is 18.2. The van der Waals surface area contributed by atoms with E-state index in [1.165, 1.54) is 0 Å². The Morgan fingerprint density at radius 3 is 1.95 bits per heavy atom. The molecule has 0 saturated heterocycles. The van der Waals surface area contributed by atoms with Gasteiger partial charge in [0.25, 0.3) is 0 Å². The number of amides is 2. The van der Waals surface area contributed by atoms with Gasteiger partial charge >= 0.3 is 0 Å². The standard InChI is InChI=1S/C27H42N6O3.C2H6S/c1-16(32-22-10-9-18(25(30)34)13-20(22)28)7-8-17(2)33-24-21(29)14-19(26(31)35)15-23(24)36-12-6-11-27(3,4)5;1-3-2/h9-10,13-17,32-33H,6-8,11-12,28-29H2,1-5H3,(H2,30,34)(H2,31,35);1-2H3. The molecule has 0 radical (unpaired) electrons. The predicted molar refractivity (Wildman–Crippen MR) is 168 cm³/mol. The molecule has 0 aliphatic rings. The van der Waals surface area contributed by atoms with Gasteiger partial charge in [-0.05, 0) is 87.8 Å². The number of thioether (sulfide) groups is 1. The van der Waals surface area contributed by atoms with Crippen LogP contribution in [-0.4, -0.2) is 43.0 Å². The van der Waals surface area contributed by atoms with E-state index >= 15 is 0 Å². The molecule has 0 aliphatic heterocycles. The summed E-state index contributed by atoms with van der Waals surface area (Å²) in [5.41, 5.74) is 26.3. The number of hydrogen-bond acceptors (Lipinski definition) is 8. The number of nitrogens with two attached hydrogens (primary N) is 4. The SMILES string of the molecule is CC(CCC(C)Nc1c(N)cc(C(N)=O)cc1OCCCC(C)(C)C)Nc1ccc(C(N)=O)cc1N.CSC. The fraction of sp³-hybridized carbons (Fsp3) is 0.517. The van der Waals surface area contributed by atoms with Gasteiger partial charge in [0, 0.05) is 23.2 Å². The summed E-state index contributed by atoms with van der Waals surface area (Å²) in [6.45, 7) is 11.2. The number of rotatable bonds is 13. The van der Waals surface area contributed by atoms with Crippen LogP contribution < -0.4 is 38.3 Å². The number of primary amides is 2. The Kier molecular flexibility index (Phi) is 13.8. The molecule has 2 atom stereocenters. The van der Waals surface area contributed by atoms with Crippen molar-refractivity contribution >= 4 is 46.3 Å². The van der Waals surface area contributed by atoms with E-state index < -0.39 is 11.8 Å². The molecule has 39 heavy (non-hydrogen) atoms. The van der Waals surface area contributed by atoms with Crippen molar-refractivity contribution in [2.24, 2.45) is 16.9 Å². The highest BCUT2D eigenvalue weighted by Gasteiger charge is 2.17. The molecule has 2 aromatic carbocycles. The molecule has 218 valence electrons. The smallest absolute Gasteiger partial charge is 0.248 e. The van der Waals surface area contributed by atoms with Crippen molar-refractivity contribution in [3.05, 3.63) is 41.5 Å². The maximum atomic E-state index is 11.8. The van der Waals surface area contributed by atoms with Gasteiger partial charge in [0.1, 0.15) is 11.4 Å². The third kappa shape index (κ3) is 12.4. The predicted octanol–water partition coefficient (Wildman–Crippen LogP) is 5.31. The number of carbonyl (C=O) groups excluding carboxylic acids is 2. The minimum Gasteiger partial charge on any atom is -0.491 e. The summed E-state index contributed by atoms with van der Waals surface area (Å²) < 4.78 is 6.04. The van der Waals surface area contributed by atoms with Gasteiger partial charge < -0.3 is 38.3 Å². The zero-order chi connectivity index (χ0) is 29.8. The highest BCUT2D eigenvalue weighted by atomic mass is 32.2. The molecule has 10 N–H and O–H groups in total. The molecule has 0 bridgehead atoms. The molecule has 2 amide bonds. The summed E-state index contributed by atoms with van der Waals surface area (Å²) in [6, 6.07) is 8.40. The number of benzene rings is 2. The molecule has 2 rings (SSSR count). The Bertz CT molecular complexity index is 1090. The van der Waals surface area contributed by atoms with E-state index in [1.54, 1.807) is 42.1 Å². The van der Waals surface area contributed by atoms with Crippen molar-refractivity contribution in [2.45, 2.75) is 72.4 Å². The van der Waals surface area contributed by atoms with Gasteiger partial charge in [-0.15, -0.1) is 0 Å². The van der Waals surface area contributed by atoms with Crippen LogP contribution in [0.4, 0.5) is 22.7 Å². The molecule has 9 nitrogen and oxygen atoms in total. The highest BCUT2D eigenvalue weighted by molar-refractivity contribution is 7.97. The van der Waals surface area contributed by atoms with Crippen LogP contribution in [0.5, 0.6) is 5.75 Å². The normalized spacial score (nSPS) is 12.5. The largest absolute Gasteiger partial charge is 0.491 e. The number of hydrogen-bond donors (Lipinski definition) is 6. The zero-order valence-electron chi connectivity index (χ0n) is 24.5. The molecular weight excluding hydrogens is 512 g/mol. The fourth-order valence-corrected chi connectivity index (χ4v) is 3.84. The second-order valence-corrected chi connectivity index (χ2v) is 11.9. The Morgan fingerprint density at radius 2 is 1.44 bits per heavy atom. The lowest BCUT2D eigenvalue weighted by atomic mass is 9.91. The van der Waals surface area contributed by atoms with E-state index in [0.29, 0.717) is 40.5 Å². The number of nitrogen functional groups attached to an aromatic ring is 2. The Hall–Kier alpha value is -3.27. The summed E-state index contributed by atoms with van der Waals surface area (Å²) in [7, 11) is 0. The van der Waals surface area contributed by atoms with E-state index in [1.807, 2.05) is 12.5 Å². The Balaban J connectivity index is 0.00000242. The van der Waals surface area contributed by atoms with Gasteiger partial charge in [-0.25, -0.2) is 0 Å². The van der Waals surface area contributed by atoms with Gasteiger partial charge in [-0.2, -0.15) is 11.8 Å². The van der Waals surface area contributed by atoms with E-state index in [0.717, 1.165) is 31.4 Å². The topological polar surface area (TPSA) is 172 Å². The number of nitrogens with one attached hydrogen (secondary N) is 2. The molecule has 0 fully saturated rings. The number of ether oxygens (including phenoxy) is 1. The van der Waals surface area contributed by atoms with Crippen LogP contribution in [0.3, 0.4) is 0 Å². The lowest BCUT2D eigenvalue weighted by molar-refractivity contribution is 0.0991. The van der Waals surface area contributed by atoms with Crippen molar-refractivity contribution in [3.63, 3.8) is 0 Å². The van der Waals surface area contributed by atoms with Gasteiger partial charge in [0.05, 0.1) is 23.7 Å². The first kappa shape index (κ1) is 33.8. The first-order valence-electron chi connectivity index (χ1n) is 13.2. The molecule has 2 aromatic rings. The van der Waals surface area contributed by atoms with E-state index in [4.69, 9.17) is 27.7 Å². The minimum absolute atomic E-state index is 0.0717. The Labute approximate surface area is 238 Å². The molecule has 0 saturated carbocycles. The first-order valence-corrected chi connectivity index (χ1v) is 14.8. The van der Waals surface area contributed by atoms with Crippen molar-refractivity contribution < 1.29 is 14.3 Å². The number of anilines is 4. The second-order valence-electron chi connectivity index (χ2n) is 11.1. The van der Waals surface area contributed by atoms with E-state index in [9.17, 15) is 9.59 Å². The maximum Gasteiger partial charge on any atom is 0.248 e. The minimum atomic E-state index is -0.552. The zero-order valence-corrected chi connectivity index (χ0v) is 25.3. The Morgan fingerprint density at radius 1 is 0.897 bits per heavy atom. The third-order valence-electron chi connectivity index (χ3n) is 5.91. The lowest BCUT2D eigenvalue weighted by Crippen LogP contribution is -2.23. The van der Waals surface area contributed by atoms with E-state index in [2.05, 4.69) is 45.3 Å². The fourth-order valence-electron chi connectivity index (χ4n) is 3.84. The average molecular weight is 561 g/mol.